The molecule has 0 heterocycles. The minimum Gasteiger partial charge on any atom is -0.508 e. The fourth-order valence-electron chi connectivity index (χ4n) is 1.12. The number of hydrogen-bond donors (Lipinski definition) is 4. The van der Waals surface area contributed by atoms with Crippen LogP contribution in [0.2, 0.25) is 0 Å². The fraction of sp³-hybridized carbons (Fsp3) is 0.300. The number of benzene rings is 1. The Morgan fingerprint density at radius 2 is 1.93 bits per heavy atom. The maximum absolute atomic E-state index is 10.3. The van der Waals surface area contributed by atoms with Crippen molar-refractivity contribution in [2.45, 2.75) is 6.54 Å². The fourth-order valence-corrected chi connectivity index (χ4v) is 1.12. The number of urea groups is 1. The average molecular weight is 209 g/mol. The van der Waals surface area contributed by atoms with Crippen LogP contribution in [0.1, 0.15) is 5.56 Å². The number of primary amides is 1. The van der Waals surface area contributed by atoms with Gasteiger partial charge in [0.25, 0.3) is 0 Å². The van der Waals surface area contributed by atoms with Crippen molar-refractivity contribution < 1.29 is 9.90 Å². The Hall–Kier alpha value is -1.75. The highest BCUT2D eigenvalue weighted by atomic mass is 16.3. The van der Waals surface area contributed by atoms with Crippen LogP contribution >= 0.6 is 0 Å². The molecule has 0 fully saturated rings. The van der Waals surface area contributed by atoms with Gasteiger partial charge in [-0.25, -0.2) is 4.79 Å². The average Bonchev–Trinajstić information content (AvgIpc) is 2.20. The molecule has 1 aromatic rings. The molecule has 0 aromatic heterocycles. The molecule has 0 aliphatic rings. The molecule has 0 radical (unpaired) electrons. The molecule has 5 N–H and O–H groups in total. The number of aromatic hydroxyl groups is 1. The third-order valence-corrected chi connectivity index (χ3v) is 1.87. The lowest BCUT2D eigenvalue weighted by Crippen LogP contribution is -2.35. The summed E-state index contributed by atoms with van der Waals surface area (Å²) in [6.07, 6.45) is 0. The van der Waals surface area contributed by atoms with Gasteiger partial charge in [0, 0.05) is 19.6 Å². The summed E-state index contributed by atoms with van der Waals surface area (Å²) in [6, 6.07) is 6.44. The third kappa shape index (κ3) is 4.87. The van der Waals surface area contributed by atoms with E-state index in [2.05, 4.69) is 10.6 Å². The first kappa shape index (κ1) is 11.3. The quantitative estimate of drug-likeness (QED) is 0.520. The molecule has 0 saturated heterocycles. The van der Waals surface area contributed by atoms with E-state index in [1.54, 1.807) is 12.1 Å². The topological polar surface area (TPSA) is 87.4 Å². The highest BCUT2D eigenvalue weighted by molar-refractivity contribution is 5.71. The summed E-state index contributed by atoms with van der Waals surface area (Å²) in [5, 5.41) is 14.6. The Bertz CT molecular complexity index is 311. The van der Waals surface area contributed by atoms with E-state index in [4.69, 9.17) is 10.8 Å². The highest BCUT2D eigenvalue weighted by Crippen LogP contribution is 2.08. The van der Waals surface area contributed by atoms with Gasteiger partial charge < -0.3 is 21.5 Å². The van der Waals surface area contributed by atoms with Crippen molar-refractivity contribution in [1.82, 2.24) is 10.6 Å². The Kier molecular flexibility index (Phi) is 4.43. The molecule has 5 nitrogen and oxygen atoms in total. The Balaban J connectivity index is 2.15. The molecule has 2 amide bonds. The number of nitrogens with one attached hydrogen (secondary N) is 2. The molecule has 0 atom stereocenters. The molecule has 1 aromatic carbocycles. The molecule has 1 rings (SSSR count). The molecular weight excluding hydrogens is 194 g/mol. The second-order valence-corrected chi connectivity index (χ2v) is 3.13. The summed E-state index contributed by atoms with van der Waals surface area (Å²) >= 11 is 0. The molecule has 15 heavy (non-hydrogen) atoms. The van der Waals surface area contributed by atoms with Crippen LogP contribution in [0.15, 0.2) is 24.3 Å². The number of phenolic OH excluding ortho intramolecular Hbond substituents is 1. The summed E-state index contributed by atoms with van der Waals surface area (Å²) < 4.78 is 0. The second-order valence-electron chi connectivity index (χ2n) is 3.13. The zero-order valence-corrected chi connectivity index (χ0v) is 8.36. The maximum Gasteiger partial charge on any atom is 0.312 e. The molecule has 0 bridgehead atoms. The monoisotopic (exact) mass is 209 g/mol. The van der Waals surface area contributed by atoms with Crippen LogP contribution in [0, 0.1) is 0 Å². The molecule has 0 spiro atoms. The lowest BCUT2D eigenvalue weighted by molar-refractivity contribution is 0.249. The van der Waals surface area contributed by atoms with Gasteiger partial charge >= 0.3 is 6.03 Å². The van der Waals surface area contributed by atoms with Gasteiger partial charge in [-0.3, -0.25) is 0 Å². The first-order valence-corrected chi connectivity index (χ1v) is 4.70. The second kappa shape index (κ2) is 5.87. The number of phenols is 1. The molecule has 0 aliphatic heterocycles. The normalized spacial score (nSPS) is 9.87. The lowest BCUT2D eigenvalue weighted by atomic mass is 10.2. The third-order valence-electron chi connectivity index (χ3n) is 1.87. The van der Waals surface area contributed by atoms with Crippen LogP contribution in [-0.4, -0.2) is 24.2 Å². The number of nitrogens with two attached hydrogens (primary N) is 1. The van der Waals surface area contributed by atoms with Gasteiger partial charge in [0.1, 0.15) is 5.75 Å². The zero-order valence-electron chi connectivity index (χ0n) is 8.36. The van der Waals surface area contributed by atoms with Crippen LogP contribution in [0.4, 0.5) is 4.79 Å². The number of carbonyl (C=O) groups excluding carboxylic acids is 1. The Labute approximate surface area is 88.3 Å². The van der Waals surface area contributed by atoms with Gasteiger partial charge in [-0.05, 0) is 17.7 Å². The summed E-state index contributed by atoms with van der Waals surface area (Å²) in [7, 11) is 0. The number of hydrogen-bond acceptors (Lipinski definition) is 3. The maximum atomic E-state index is 10.3. The van der Waals surface area contributed by atoms with Crippen molar-refractivity contribution in [2.75, 3.05) is 13.1 Å². The van der Waals surface area contributed by atoms with E-state index < -0.39 is 6.03 Å². The molecule has 0 unspecified atom stereocenters. The van der Waals surface area contributed by atoms with Crippen molar-refractivity contribution >= 4 is 6.03 Å². The summed E-state index contributed by atoms with van der Waals surface area (Å²) in [5.41, 5.74) is 5.97. The van der Waals surface area contributed by atoms with Gasteiger partial charge in [-0.15, -0.1) is 0 Å². The molecule has 0 aliphatic carbocycles. The largest absolute Gasteiger partial charge is 0.508 e. The molecule has 82 valence electrons. The van der Waals surface area contributed by atoms with Crippen LogP contribution in [-0.2, 0) is 6.54 Å². The number of carbonyl (C=O) groups is 1. The minimum atomic E-state index is -0.513. The van der Waals surface area contributed by atoms with Gasteiger partial charge in [0.2, 0.25) is 0 Å². The van der Waals surface area contributed by atoms with Crippen LogP contribution in [0.3, 0.4) is 0 Å². The van der Waals surface area contributed by atoms with Crippen molar-refractivity contribution in [1.29, 1.82) is 0 Å². The predicted octanol–water partition coefficient (Wildman–Crippen LogP) is 0.150. The van der Waals surface area contributed by atoms with Crippen molar-refractivity contribution in [2.24, 2.45) is 5.73 Å². The van der Waals surface area contributed by atoms with Gasteiger partial charge in [0.05, 0.1) is 0 Å². The molecular formula is C10H15N3O2. The van der Waals surface area contributed by atoms with Crippen LogP contribution in [0.25, 0.3) is 0 Å². The van der Waals surface area contributed by atoms with Crippen molar-refractivity contribution in [3.8, 4) is 5.75 Å². The molecule has 0 saturated carbocycles. The summed E-state index contributed by atoms with van der Waals surface area (Å²) in [6.45, 7) is 1.86. The first-order chi connectivity index (χ1) is 7.18. The predicted molar refractivity (Wildman–Crippen MR) is 57.4 cm³/mol. The zero-order chi connectivity index (χ0) is 11.1. The van der Waals surface area contributed by atoms with Gasteiger partial charge in [-0.2, -0.15) is 0 Å². The van der Waals surface area contributed by atoms with Crippen LogP contribution in [0.5, 0.6) is 5.75 Å². The van der Waals surface area contributed by atoms with E-state index in [1.165, 1.54) is 0 Å². The van der Waals surface area contributed by atoms with E-state index in [9.17, 15) is 4.79 Å². The smallest absolute Gasteiger partial charge is 0.312 e. The van der Waals surface area contributed by atoms with E-state index in [1.807, 2.05) is 12.1 Å². The summed E-state index contributed by atoms with van der Waals surface area (Å²) in [4.78, 5) is 10.3. The van der Waals surface area contributed by atoms with E-state index in [-0.39, 0.29) is 5.75 Å². The van der Waals surface area contributed by atoms with Gasteiger partial charge in [-0.1, -0.05) is 12.1 Å². The minimum absolute atomic E-state index is 0.258. The Morgan fingerprint density at radius 1 is 1.27 bits per heavy atom. The lowest BCUT2D eigenvalue weighted by Gasteiger charge is -2.05. The standard InChI is InChI=1S/C10H15N3O2/c11-10(15)13-6-5-12-7-8-1-3-9(14)4-2-8/h1-4,12,14H,5-7H2,(H3,11,13,15). The SMILES string of the molecule is NC(=O)NCCNCc1ccc(O)cc1. The summed E-state index contributed by atoms with van der Waals surface area (Å²) in [5.74, 6) is 0.258. The van der Waals surface area contributed by atoms with E-state index >= 15 is 0 Å². The Morgan fingerprint density at radius 3 is 2.53 bits per heavy atom. The van der Waals surface area contributed by atoms with E-state index in [0.717, 1.165) is 5.56 Å². The van der Waals surface area contributed by atoms with Crippen molar-refractivity contribution in [3.63, 3.8) is 0 Å². The molecule has 5 heteroatoms. The number of rotatable bonds is 5. The van der Waals surface area contributed by atoms with Gasteiger partial charge in [0.15, 0.2) is 0 Å². The van der Waals surface area contributed by atoms with Crippen molar-refractivity contribution in [3.05, 3.63) is 29.8 Å². The first-order valence-electron chi connectivity index (χ1n) is 4.70. The van der Waals surface area contributed by atoms with E-state index in [0.29, 0.717) is 19.6 Å². The van der Waals surface area contributed by atoms with Crippen LogP contribution < -0.4 is 16.4 Å². The highest BCUT2D eigenvalue weighted by Gasteiger charge is 1.93. The number of amides is 2.